The van der Waals surface area contributed by atoms with Gasteiger partial charge in [-0.2, -0.15) is 0 Å². The third-order valence-corrected chi connectivity index (χ3v) is 6.68. The van der Waals surface area contributed by atoms with Crippen LogP contribution in [0.4, 0.5) is 0 Å². The van der Waals surface area contributed by atoms with E-state index < -0.39 is 0 Å². The summed E-state index contributed by atoms with van der Waals surface area (Å²) in [6, 6.07) is 3.65. The molecular weight excluding hydrogens is 404 g/mol. The number of benzene rings is 1. The number of hydrogen-bond acceptors (Lipinski definition) is 4. The van der Waals surface area contributed by atoms with Gasteiger partial charge in [0.05, 0.1) is 0 Å². The van der Waals surface area contributed by atoms with Crippen LogP contribution in [0.1, 0.15) is 56.5 Å². The van der Waals surface area contributed by atoms with Crippen molar-refractivity contribution < 1.29 is 9.59 Å². The first-order chi connectivity index (χ1) is 13.7. The molecule has 1 aromatic carbocycles. The summed E-state index contributed by atoms with van der Waals surface area (Å²) in [6.07, 6.45) is 4.17. The second kappa shape index (κ2) is 11.0. The lowest BCUT2D eigenvalue weighted by molar-refractivity contribution is -0.113. The predicted octanol–water partition coefficient (Wildman–Crippen LogP) is 5.09. The molecule has 2 N–H and O–H groups in total. The maximum absolute atomic E-state index is 12.9. The van der Waals surface area contributed by atoms with Gasteiger partial charge in [0, 0.05) is 32.8 Å². The number of thioether (sulfide) groups is 1. The molecule has 4 nitrogen and oxygen atoms in total. The van der Waals surface area contributed by atoms with Crippen molar-refractivity contribution in [1.82, 2.24) is 10.6 Å². The number of halogens is 1. The van der Waals surface area contributed by atoms with Gasteiger partial charge in [0.25, 0.3) is 5.91 Å². The Morgan fingerprint density at radius 3 is 2.45 bits per heavy atom. The molecule has 2 rings (SSSR count). The van der Waals surface area contributed by atoms with E-state index in [1.165, 1.54) is 6.92 Å². The second-order valence-corrected chi connectivity index (χ2v) is 9.54. The van der Waals surface area contributed by atoms with E-state index in [4.69, 9.17) is 11.6 Å². The zero-order chi connectivity index (χ0) is 21.6. The number of ketones is 1. The van der Waals surface area contributed by atoms with Gasteiger partial charge in [-0.3, -0.25) is 9.59 Å². The van der Waals surface area contributed by atoms with E-state index in [9.17, 15) is 9.59 Å². The Morgan fingerprint density at radius 1 is 1.21 bits per heavy atom. The Balaban J connectivity index is 2.19. The molecule has 158 valence electrons. The Hall–Kier alpha value is -1.56. The summed E-state index contributed by atoms with van der Waals surface area (Å²) in [5.74, 6) is -0.244. The lowest BCUT2D eigenvalue weighted by Gasteiger charge is -2.23. The lowest BCUT2D eigenvalue weighted by Crippen LogP contribution is -2.29. The van der Waals surface area contributed by atoms with Gasteiger partial charge in [0.15, 0.2) is 5.78 Å². The Bertz CT molecular complexity index is 836. The minimum Gasteiger partial charge on any atom is -0.348 e. The van der Waals surface area contributed by atoms with E-state index in [2.05, 4.69) is 10.6 Å². The van der Waals surface area contributed by atoms with Crippen LogP contribution < -0.4 is 10.6 Å². The van der Waals surface area contributed by atoms with Crippen molar-refractivity contribution >= 4 is 35.1 Å². The first kappa shape index (κ1) is 23.7. The van der Waals surface area contributed by atoms with Crippen LogP contribution in [0.2, 0.25) is 5.02 Å². The van der Waals surface area contributed by atoms with Crippen LogP contribution in [0.25, 0.3) is 0 Å². The minimum atomic E-state index is -0.207. The van der Waals surface area contributed by atoms with Crippen LogP contribution in [0.5, 0.6) is 0 Å². The third kappa shape index (κ3) is 7.02. The van der Waals surface area contributed by atoms with Crippen molar-refractivity contribution in [2.75, 3.05) is 19.6 Å². The molecule has 1 aliphatic rings. The van der Waals surface area contributed by atoms with E-state index in [-0.39, 0.29) is 18.2 Å². The van der Waals surface area contributed by atoms with Crippen molar-refractivity contribution in [1.29, 1.82) is 0 Å². The number of rotatable bonds is 7. The normalized spacial score (nSPS) is 15.5. The summed E-state index contributed by atoms with van der Waals surface area (Å²) in [5, 5.41) is 7.37. The van der Waals surface area contributed by atoms with Gasteiger partial charge < -0.3 is 10.6 Å². The fraction of sp³-hybridized carbons (Fsp3) is 0.478. The number of amides is 1. The predicted molar refractivity (Wildman–Crippen MR) is 123 cm³/mol. The second-order valence-electron chi connectivity index (χ2n) is 7.77. The average molecular weight is 435 g/mol. The van der Waals surface area contributed by atoms with E-state index in [1.807, 2.05) is 39.8 Å². The number of carbonyl (C=O) groups is 2. The monoisotopic (exact) mass is 434 g/mol. The lowest BCUT2D eigenvalue weighted by atomic mass is 10.0. The number of hydrogen-bond donors (Lipinski definition) is 2. The standard InChI is InChI=1S/C23H31ClN2O2S/c1-14(2)10-15(3)21(17(5)27)13-26-23(28)20-11-18(24)12-22(16(20)4)29-19-6-8-25-9-7-19/h10-12,19,25H,6-9,13H2,1-5H3,(H,26,28). The SMILES string of the molecule is CC(=O)C(CNC(=O)c1cc(Cl)cc(SC2CCNCC2)c1C)=C(C)C=C(C)C. The van der Waals surface area contributed by atoms with Gasteiger partial charge in [0.1, 0.15) is 0 Å². The summed E-state index contributed by atoms with van der Waals surface area (Å²) in [4.78, 5) is 26.0. The van der Waals surface area contributed by atoms with Crippen molar-refractivity contribution in [3.63, 3.8) is 0 Å². The number of carbonyl (C=O) groups excluding carboxylic acids is 2. The van der Waals surface area contributed by atoms with Gasteiger partial charge in [-0.05, 0) is 83.8 Å². The first-order valence-electron chi connectivity index (χ1n) is 10.00. The van der Waals surface area contributed by atoms with E-state index in [1.54, 1.807) is 17.8 Å². The molecule has 1 amide bonds. The highest BCUT2D eigenvalue weighted by atomic mass is 35.5. The molecule has 0 aromatic heterocycles. The fourth-order valence-electron chi connectivity index (χ4n) is 3.43. The quantitative estimate of drug-likeness (QED) is 0.463. The molecule has 1 aliphatic heterocycles. The summed E-state index contributed by atoms with van der Waals surface area (Å²) in [7, 11) is 0. The Kier molecular flexibility index (Phi) is 9.00. The largest absolute Gasteiger partial charge is 0.348 e. The smallest absolute Gasteiger partial charge is 0.251 e. The zero-order valence-corrected chi connectivity index (χ0v) is 19.5. The molecule has 29 heavy (non-hydrogen) atoms. The highest BCUT2D eigenvalue weighted by Crippen LogP contribution is 2.34. The summed E-state index contributed by atoms with van der Waals surface area (Å²) in [5.41, 5.74) is 4.10. The van der Waals surface area contributed by atoms with Crippen LogP contribution in [-0.4, -0.2) is 36.6 Å². The number of allylic oxidation sites excluding steroid dienone is 3. The number of nitrogens with one attached hydrogen (secondary N) is 2. The van der Waals surface area contributed by atoms with Crippen molar-refractivity contribution in [2.45, 2.75) is 57.6 Å². The van der Waals surface area contributed by atoms with Crippen molar-refractivity contribution in [3.8, 4) is 0 Å². The van der Waals surface area contributed by atoms with Crippen molar-refractivity contribution in [2.24, 2.45) is 0 Å². The van der Waals surface area contributed by atoms with Gasteiger partial charge >= 0.3 is 0 Å². The highest BCUT2D eigenvalue weighted by molar-refractivity contribution is 8.00. The molecular formula is C23H31ClN2O2S. The van der Waals surface area contributed by atoms with Crippen LogP contribution in [0, 0.1) is 6.92 Å². The molecule has 0 aliphatic carbocycles. The van der Waals surface area contributed by atoms with Gasteiger partial charge in [0.2, 0.25) is 0 Å². The Labute approximate surface area is 183 Å². The molecule has 0 unspecified atom stereocenters. The molecule has 0 saturated carbocycles. The van der Waals surface area contributed by atoms with Gasteiger partial charge in [-0.1, -0.05) is 23.3 Å². The topological polar surface area (TPSA) is 58.2 Å². The molecule has 1 heterocycles. The summed E-state index contributed by atoms with van der Waals surface area (Å²) < 4.78 is 0. The third-order valence-electron chi connectivity index (χ3n) is 4.98. The maximum atomic E-state index is 12.9. The van der Waals surface area contributed by atoms with Crippen LogP contribution >= 0.6 is 23.4 Å². The molecule has 1 saturated heterocycles. The molecule has 6 heteroatoms. The van der Waals surface area contributed by atoms with Gasteiger partial charge in [-0.25, -0.2) is 0 Å². The molecule has 1 aromatic rings. The van der Waals surface area contributed by atoms with Crippen LogP contribution in [0.3, 0.4) is 0 Å². The summed E-state index contributed by atoms with van der Waals surface area (Å²) >= 11 is 8.13. The first-order valence-corrected chi connectivity index (χ1v) is 11.3. The van der Waals surface area contributed by atoms with Crippen LogP contribution in [-0.2, 0) is 4.79 Å². The Morgan fingerprint density at radius 2 is 1.86 bits per heavy atom. The van der Waals surface area contributed by atoms with E-state index >= 15 is 0 Å². The zero-order valence-electron chi connectivity index (χ0n) is 17.9. The molecule has 1 fully saturated rings. The van der Waals surface area contributed by atoms with Crippen LogP contribution in [0.15, 0.2) is 39.8 Å². The van der Waals surface area contributed by atoms with Crippen molar-refractivity contribution in [3.05, 3.63) is 51.1 Å². The molecule has 0 radical (unpaired) electrons. The fourth-order valence-corrected chi connectivity index (χ4v) is 5.03. The van der Waals surface area contributed by atoms with E-state index in [0.29, 0.717) is 21.4 Å². The van der Waals surface area contributed by atoms with E-state index in [0.717, 1.165) is 47.5 Å². The molecule has 0 atom stereocenters. The molecule has 0 bridgehead atoms. The highest BCUT2D eigenvalue weighted by Gasteiger charge is 2.19. The number of Topliss-reactive ketones (excluding diaryl/α,β-unsaturated/α-hetero) is 1. The summed E-state index contributed by atoms with van der Waals surface area (Å²) in [6.45, 7) is 11.6. The molecule has 0 spiro atoms. The minimum absolute atomic E-state index is 0.0368. The van der Waals surface area contributed by atoms with Gasteiger partial charge in [-0.15, -0.1) is 11.8 Å². The maximum Gasteiger partial charge on any atom is 0.251 e. The number of piperidine rings is 1. The average Bonchev–Trinajstić information content (AvgIpc) is 2.64.